The van der Waals surface area contributed by atoms with Crippen LogP contribution in [-0.2, 0) is 13.1 Å². The van der Waals surface area contributed by atoms with Gasteiger partial charge >= 0.3 is 0 Å². The van der Waals surface area contributed by atoms with E-state index in [1.165, 1.54) is 4.88 Å². The van der Waals surface area contributed by atoms with Gasteiger partial charge in [0.15, 0.2) is 0 Å². The minimum absolute atomic E-state index is 0.0689. The molecule has 0 spiro atoms. The second-order valence-corrected chi connectivity index (χ2v) is 7.55. The van der Waals surface area contributed by atoms with E-state index in [1.54, 1.807) is 17.7 Å². The molecule has 0 atom stereocenters. The van der Waals surface area contributed by atoms with Crippen molar-refractivity contribution in [2.24, 2.45) is 0 Å². The Labute approximate surface area is 156 Å². The number of aliphatic hydroxyl groups is 1. The van der Waals surface area contributed by atoms with Gasteiger partial charge in [0.2, 0.25) is 0 Å². The number of nitrogens with zero attached hydrogens (tertiary/aromatic N) is 4. The van der Waals surface area contributed by atoms with Crippen LogP contribution in [0.25, 0.3) is 11.0 Å². The number of hydrogen-bond donors (Lipinski definition) is 1. The van der Waals surface area contributed by atoms with E-state index in [4.69, 9.17) is 5.11 Å². The number of fused-ring (bicyclic) bond motifs is 1. The zero-order valence-corrected chi connectivity index (χ0v) is 15.4. The third kappa shape index (κ3) is 3.51. The standard InChI is InChI=1S/C19H22N4O2S/c24-10-9-23-14-20-17-12-15(3-4-18(17)23)19(25)22-7-5-21(6-8-22)13-16-2-1-11-26-16/h1-4,11-12,14,24H,5-10,13H2. The van der Waals surface area contributed by atoms with Gasteiger partial charge in [-0.2, -0.15) is 0 Å². The molecule has 0 saturated carbocycles. The first-order valence-electron chi connectivity index (χ1n) is 8.84. The van der Waals surface area contributed by atoms with Crippen LogP contribution in [0.3, 0.4) is 0 Å². The molecular formula is C19H22N4O2S. The Morgan fingerprint density at radius 3 is 2.77 bits per heavy atom. The van der Waals surface area contributed by atoms with Gasteiger partial charge in [-0.1, -0.05) is 6.07 Å². The van der Waals surface area contributed by atoms with Gasteiger partial charge < -0.3 is 14.6 Å². The summed E-state index contributed by atoms with van der Waals surface area (Å²) >= 11 is 1.78. The fourth-order valence-corrected chi connectivity index (χ4v) is 4.14. The lowest BCUT2D eigenvalue weighted by Crippen LogP contribution is -2.48. The molecule has 1 amide bonds. The Morgan fingerprint density at radius 1 is 1.19 bits per heavy atom. The highest BCUT2D eigenvalue weighted by atomic mass is 32.1. The monoisotopic (exact) mass is 370 g/mol. The molecule has 3 heterocycles. The maximum absolute atomic E-state index is 12.8. The summed E-state index contributed by atoms with van der Waals surface area (Å²) in [7, 11) is 0. The lowest BCUT2D eigenvalue weighted by Gasteiger charge is -2.34. The van der Waals surface area contributed by atoms with Crippen LogP contribution in [0.4, 0.5) is 0 Å². The van der Waals surface area contributed by atoms with Gasteiger partial charge in [0.25, 0.3) is 5.91 Å². The minimum Gasteiger partial charge on any atom is -0.395 e. The van der Waals surface area contributed by atoms with Gasteiger partial charge in [-0.15, -0.1) is 11.3 Å². The van der Waals surface area contributed by atoms with Crippen molar-refractivity contribution in [3.05, 3.63) is 52.5 Å². The smallest absolute Gasteiger partial charge is 0.254 e. The molecule has 1 N–H and O–H groups in total. The number of benzene rings is 1. The molecule has 6 nitrogen and oxygen atoms in total. The number of rotatable bonds is 5. The molecular weight excluding hydrogens is 348 g/mol. The SMILES string of the molecule is O=C(c1ccc2c(c1)ncn2CCO)N1CCN(Cc2cccs2)CC1. The number of aromatic nitrogens is 2. The lowest BCUT2D eigenvalue weighted by molar-refractivity contribution is 0.0630. The molecule has 1 aliphatic rings. The van der Waals surface area contributed by atoms with Crippen molar-refractivity contribution in [2.75, 3.05) is 32.8 Å². The molecule has 1 fully saturated rings. The Kier molecular flexibility index (Phi) is 5.01. The number of imidazole rings is 1. The normalized spacial score (nSPS) is 15.7. The third-order valence-electron chi connectivity index (χ3n) is 4.83. The topological polar surface area (TPSA) is 61.6 Å². The largest absolute Gasteiger partial charge is 0.395 e. The van der Waals surface area contributed by atoms with E-state index < -0.39 is 0 Å². The molecule has 7 heteroatoms. The zero-order chi connectivity index (χ0) is 17.9. The van der Waals surface area contributed by atoms with Gasteiger partial charge in [-0.3, -0.25) is 9.69 Å². The number of thiophene rings is 1. The number of carbonyl (C=O) groups is 1. The van der Waals surface area contributed by atoms with Crippen LogP contribution in [-0.4, -0.2) is 63.2 Å². The average Bonchev–Trinajstić information content (AvgIpc) is 3.32. The molecule has 1 saturated heterocycles. The van der Waals surface area contributed by atoms with Crippen LogP contribution in [0.2, 0.25) is 0 Å². The quantitative estimate of drug-likeness (QED) is 0.747. The molecule has 3 aromatic rings. The van der Waals surface area contributed by atoms with Crippen molar-refractivity contribution in [3.63, 3.8) is 0 Å². The first-order valence-corrected chi connectivity index (χ1v) is 9.72. The molecule has 0 unspecified atom stereocenters. The Hall–Kier alpha value is -2.22. The summed E-state index contributed by atoms with van der Waals surface area (Å²) in [4.78, 5) is 22.9. The summed E-state index contributed by atoms with van der Waals surface area (Å²) in [6, 6.07) is 9.87. The molecule has 0 radical (unpaired) electrons. The highest BCUT2D eigenvalue weighted by molar-refractivity contribution is 7.09. The summed E-state index contributed by atoms with van der Waals surface area (Å²) < 4.78 is 1.90. The van der Waals surface area contributed by atoms with Gasteiger partial charge in [-0.05, 0) is 29.6 Å². The third-order valence-corrected chi connectivity index (χ3v) is 5.69. The van der Waals surface area contributed by atoms with E-state index >= 15 is 0 Å². The summed E-state index contributed by atoms with van der Waals surface area (Å²) in [5.74, 6) is 0.0689. The summed E-state index contributed by atoms with van der Waals surface area (Å²) in [5, 5.41) is 11.2. The van der Waals surface area contributed by atoms with E-state index in [0.717, 1.165) is 43.8 Å². The molecule has 1 aromatic carbocycles. The predicted molar refractivity (Wildman–Crippen MR) is 102 cm³/mol. The van der Waals surface area contributed by atoms with Crippen molar-refractivity contribution in [1.29, 1.82) is 0 Å². The molecule has 136 valence electrons. The zero-order valence-electron chi connectivity index (χ0n) is 14.5. The lowest BCUT2D eigenvalue weighted by atomic mass is 10.1. The molecule has 1 aliphatic heterocycles. The van der Waals surface area contributed by atoms with E-state index in [-0.39, 0.29) is 12.5 Å². The Balaban J connectivity index is 1.41. The first-order chi connectivity index (χ1) is 12.7. The van der Waals surface area contributed by atoms with Gasteiger partial charge in [0, 0.05) is 49.7 Å². The van der Waals surface area contributed by atoms with Crippen molar-refractivity contribution in [1.82, 2.24) is 19.4 Å². The highest BCUT2D eigenvalue weighted by Gasteiger charge is 2.22. The number of hydrogen-bond acceptors (Lipinski definition) is 5. The molecule has 0 aliphatic carbocycles. The van der Waals surface area contributed by atoms with Crippen LogP contribution in [0.5, 0.6) is 0 Å². The first kappa shape index (κ1) is 17.2. The Bertz CT molecular complexity index is 882. The van der Waals surface area contributed by atoms with Crippen LogP contribution >= 0.6 is 11.3 Å². The van der Waals surface area contributed by atoms with E-state index in [1.807, 2.05) is 27.7 Å². The van der Waals surface area contributed by atoms with E-state index in [9.17, 15) is 4.79 Å². The molecule has 2 aromatic heterocycles. The Morgan fingerprint density at radius 2 is 2.04 bits per heavy atom. The average molecular weight is 370 g/mol. The van der Waals surface area contributed by atoms with Crippen molar-refractivity contribution in [2.45, 2.75) is 13.1 Å². The molecule has 26 heavy (non-hydrogen) atoms. The number of aliphatic hydroxyl groups excluding tert-OH is 1. The predicted octanol–water partition coefficient (Wildman–Crippen LogP) is 2.05. The summed E-state index contributed by atoms with van der Waals surface area (Å²) in [5.41, 5.74) is 2.41. The number of amides is 1. The van der Waals surface area contributed by atoms with Crippen molar-refractivity contribution < 1.29 is 9.90 Å². The second kappa shape index (κ2) is 7.57. The van der Waals surface area contributed by atoms with Crippen molar-refractivity contribution >= 4 is 28.3 Å². The summed E-state index contributed by atoms with van der Waals surface area (Å²) in [6.07, 6.45) is 1.71. The second-order valence-electron chi connectivity index (χ2n) is 6.51. The van der Waals surface area contributed by atoms with Crippen LogP contribution < -0.4 is 0 Å². The highest BCUT2D eigenvalue weighted by Crippen LogP contribution is 2.18. The molecule has 0 bridgehead atoms. The van der Waals surface area contributed by atoms with Gasteiger partial charge in [0.1, 0.15) is 0 Å². The van der Waals surface area contributed by atoms with Crippen LogP contribution in [0.1, 0.15) is 15.2 Å². The van der Waals surface area contributed by atoms with E-state index in [2.05, 4.69) is 27.4 Å². The minimum atomic E-state index is 0.0689. The fraction of sp³-hybridized carbons (Fsp3) is 0.368. The van der Waals surface area contributed by atoms with Gasteiger partial charge in [0.05, 0.1) is 24.0 Å². The van der Waals surface area contributed by atoms with Crippen LogP contribution in [0.15, 0.2) is 42.0 Å². The number of piperazine rings is 1. The molecule has 4 rings (SSSR count). The van der Waals surface area contributed by atoms with Crippen LogP contribution in [0, 0.1) is 0 Å². The fourth-order valence-electron chi connectivity index (χ4n) is 3.40. The van der Waals surface area contributed by atoms with Gasteiger partial charge in [-0.25, -0.2) is 4.98 Å². The maximum Gasteiger partial charge on any atom is 0.254 e. The van der Waals surface area contributed by atoms with E-state index in [0.29, 0.717) is 12.1 Å². The maximum atomic E-state index is 12.8. The summed E-state index contributed by atoms with van der Waals surface area (Å²) in [6.45, 7) is 4.85. The number of carbonyl (C=O) groups excluding carboxylic acids is 1. The van der Waals surface area contributed by atoms with Crippen molar-refractivity contribution in [3.8, 4) is 0 Å².